The van der Waals surface area contributed by atoms with Gasteiger partial charge in [-0.2, -0.15) is 26.3 Å². The van der Waals surface area contributed by atoms with Crippen molar-refractivity contribution in [2.45, 2.75) is 56.4 Å². The molecule has 178 valence electrons. The summed E-state index contributed by atoms with van der Waals surface area (Å²) < 4.78 is 80.6. The third kappa shape index (κ3) is 5.85. The zero-order valence-electron chi connectivity index (χ0n) is 17.4. The number of nitrogens with two attached hydrogens (primary N) is 1. The van der Waals surface area contributed by atoms with Crippen LogP contribution in [0.5, 0.6) is 0 Å². The molecule has 1 aliphatic rings. The number of carbonyl (C=O) groups is 2. The molecule has 0 bridgehead atoms. The van der Waals surface area contributed by atoms with E-state index in [-0.39, 0.29) is 11.6 Å². The Kier molecular flexibility index (Phi) is 7.04. The van der Waals surface area contributed by atoms with Crippen molar-refractivity contribution in [1.29, 1.82) is 0 Å². The van der Waals surface area contributed by atoms with Crippen LogP contribution >= 0.6 is 0 Å². The van der Waals surface area contributed by atoms with Gasteiger partial charge in [-0.3, -0.25) is 9.59 Å². The Bertz CT molecular complexity index is 1010. The van der Waals surface area contributed by atoms with Crippen LogP contribution in [0.25, 0.3) is 0 Å². The third-order valence-electron chi connectivity index (χ3n) is 5.74. The van der Waals surface area contributed by atoms with Crippen molar-refractivity contribution in [2.24, 2.45) is 5.73 Å². The van der Waals surface area contributed by atoms with E-state index in [9.17, 15) is 35.9 Å². The van der Waals surface area contributed by atoms with Gasteiger partial charge in [0.15, 0.2) is 0 Å². The maximum atomic E-state index is 13.9. The maximum absolute atomic E-state index is 13.9. The first kappa shape index (κ1) is 24.6. The molecular weight excluding hydrogens is 450 g/mol. The number of hydrogen-bond donors (Lipinski definition) is 2. The first-order chi connectivity index (χ1) is 15.4. The number of alkyl halides is 6. The molecule has 10 heteroatoms. The zero-order valence-corrected chi connectivity index (χ0v) is 17.4. The van der Waals surface area contributed by atoms with Crippen molar-refractivity contribution < 1.29 is 35.9 Å². The number of benzene rings is 2. The lowest BCUT2D eigenvalue weighted by Crippen LogP contribution is -2.40. The van der Waals surface area contributed by atoms with Gasteiger partial charge in [-0.05, 0) is 48.2 Å². The molecule has 0 radical (unpaired) electrons. The molecule has 0 saturated heterocycles. The Morgan fingerprint density at radius 2 is 1.48 bits per heavy atom. The molecule has 4 nitrogen and oxygen atoms in total. The van der Waals surface area contributed by atoms with E-state index in [1.165, 1.54) is 0 Å². The number of amides is 2. The van der Waals surface area contributed by atoms with Gasteiger partial charge in [0, 0.05) is 11.6 Å². The van der Waals surface area contributed by atoms with Crippen LogP contribution in [-0.2, 0) is 17.1 Å². The Morgan fingerprint density at radius 3 is 2.00 bits per heavy atom. The standard InChI is InChI=1S/C23H22F6N2O2/c24-22(25,26)15-9-6-13(7-10-15)19(21(33)31-16-4-2-1-3-5-16)17-11-8-14(20(30)32)12-18(17)23(27,28)29/h6-12,16,19H,1-5H2,(H2,30,32)(H,31,33). The smallest absolute Gasteiger partial charge is 0.366 e. The van der Waals surface area contributed by atoms with Gasteiger partial charge < -0.3 is 11.1 Å². The second-order valence-electron chi connectivity index (χ2n) is 8.06. The summed E-state index contributed by atoms with van der Waals surface area (Å²) in [5.74, 6) is -3.36. The molecule has 1 saturated carbocycles. The summed E-state index contributed by atoms with van der Waals surface area (Å²) in [6, 6.07) is 5.81. The minimum atomic E-state index is -4.93. The Labute approximate surface area is 186 Å². The van der Waals surface area contributed by atoms with Gasteiger partial charge in [-0.15, -0.1) is 0 Å². The summed E-state index contributed by atoms with van der Waals surface area (Å²) in [4.78, 5) is 24.6. The SMILES string of the molecule is NC(=O)c1ccc(C(C(=O)NC2CCCCC2)c2ccc(C(F)(F)F)cc2)c(C(F)(F)F)c1. The Balaban J connectivity index is 2.10. The normalized spacial score (nSPS) is 16.3. The minimum absolute atomic E-state index is 0.0337. The molecule has 1 aliphatic carbocycles. The van der Waals surface area contributed by atoms with Crippen LogP contribution < -0.4 is 11.1 Å². The summed E-state index contributed by atoms with van der Waals surface area (Å²) in [5, 5.41) is 2.76. The predicted octanol–water partition coefficient (Wildman–Crippen LogP) is 5.40. The predicted molar refractivity (Wildman–Crippen MR) is 108 cm³/mol. The topological polar surface area (TPSA) is 72.2 Å². The van der Waals surface area contributed by atoms with Crippen molar-refractivity contribution in [3.63, 3.8) is 0 Å². The lowest BCUT2D eigenvalue weighted by atomic mass is 9.85. The fourth-order valence-electron chi connectivity index (χ4n) is 4.07. The van der Waals surface area contributed by atoms with Gasteiger partial charge in [0.05, 0.1) is 17.0 Å². The van der Waals surface area contributed by atoms with Gasteiger partial charge in [0.1, 0.15) is 0 Å². The molecule has 0 aliphatic heterocycles. The van der Waals surface area contributed by atoms with Gasteiger partial charge in [0.2, 0.25) is 11.8 Å². The molecule has 1 unspecified atom stereocenters. The van der Waals surface area contributed by atoms with E-state index < -0.39 is 52.3 Å². The Morgan fingerprint density at radius 1 is 0.879 bits per heavy atom. The van der Waals surface area contributed by atoms with Crippen LogP contribution in [0, 0.1) is 0 Å². The molecule has 1 fully saturated rings. The highest BCUT2D eigenvalue weighted by Gasteiger charge is 2.39. The molecular formula is C23H22F6N2O2. The average Bonchev–Trinajstić information content (AvgIpc) is 2.73. The maximum Gasteiger partial charge on any atom is 0.416 e. The lowest BCUT2D eigenvalue weighted by molar-refractivity contribution is -0.139. The first-order valence-electron chi connectivity index (χ1n) is 10.4. The van der Waals surface area contributed by atoms with Gasteiger partial charge in [-0.1, -0.05) is 37.5 Å². The Hall–Kier alpha value is -3.04. The van der Waals surface area contributed by atoms with Crippen LogP contribution in [0.1, 0.15) is 70.6 Å². The third-order valence-corrected chi connectivity index (χ3v) is 5.74. The largest absolute Gasteiger partial charge is 0.416 e. The van der Waals surface area contributed by atoms with E-state index in [4.69, 9.17) is 5.73 Å². The van der Waals surface area contributed by atoms with Crippen LogP contribution in [0.4, 0.5) is 26.3 Å². The fourth-order valence-corrected chi connectivity index (χ4v) is 4.07. The van der Waals surface area contributed by atoms with E-state index in [0.717, 1.165) is 55.7 Å². The van der Waals surface area contributed by atoms with Crippen molar-refractivity contribution in [3.8, 4) is 0 Å². The van der Waals surface area contributed by atoms with E-state index in [1.54, 1.807) is 0 Å². The van der Waals surface area contributed by atoms with E-state index >= 15 is 0 Å². The number of nitrogens with one attached hydrogen (secondary N) is 1. The monoisotopic (exact) mass is 472 g/mol. The number of hydrogen-bond acceptors (Lipinski definition) is 2. The summed E-state index contributed by atoms with van der Waals surface area (Å²) >= 11 is 0. The average molecular weight is 472 g/mol. The van der Waals surface area contributed by atoms with Crippen molar-refractivity contribution >= 4 is 11.8 Å². The molecule has 3 rings (SSSR count). The van der Waals surface area contributed by atoms with Crippen molar-refractivity contribution in [1.82, 2.24) is 5.32 Å². The van der Waals surface area contributed by atoms with E-state index in [0.29, 0.717) is 18.9 Å². The quantitative estimate of drug-likeness (QED) is 0.572. The number of carbonyl (C=O) groups excluding carboxylic acids is 2. The first-order valence-corrected chi connectivity index (χ1v) is 10.4. The van der Waals surface area contributed by atoms with E-state index in [1.807, 2.05) is 0 Å². The summed E-state index contributed by atoms with van der Waals surface area (Å²) in [5.41, 5.74) is 1.97. The van der Waals surface area contributed by atoms with Crippen LogP contribution in [-0.4, -0.2) is 17.9 Å². The molecule has 2 aromatic carbocycles. The highest BCUT2D eigenvalue weighted by Crippen LogP contribution is 2.39. The minimum Gasteiger partial charge on any atom is -0.366 e. The molecule has 2 amide bonds. The summed E-state index contributed by atoms with van der Waals surface area (Å²) in [7, 11) is 0. The van der Waals surface area contributed by atoms with Crippen LogP contribution in [0.2, 0.25) is 0 Å². The molecule has 1 atom stereocenters. The second kappa shape index (κ2) is 9.44. The van der Waals surface area contributed by atoms with Crippen molar-refractivity contribution in [2.75, 3.05) is 0 Å². The molecule has 3 N–H and O–H groups in total. The molecule has 0 aromatic heterocycles. The summed E-state index contributed by atoms with van der Waals surface area (Å²) in [6.45, 7) is 0. The molecule has 0 spiro atoms. The summed E-state index contributed by atoms with van der Waals surface area (Å²) in [6.07, 6.45) is -5.54. The zero-order chi connectivity index (χ0) is 24.4. The molecule has 33 heavy (non-hydrogen) atoms. The number of primary amides is 1. The fraction of sp³-hybridized carbons (Fsp3) is 0.391. The van der Waals surface area contributed by atoms with Crippen LogP contribution in [0.3, 0.4) is 0 Å². The van der Waals surface area contributed by atoms with Gasteiger partial charge >= 0.3 is 12.4 Å². The lowest BCUT2D eigenvalue weighted by Gasteiger charge is -2.27. The number of rotatable bonds is 5. The van der Waals surface area contributed by atoms with Crippen molar-refractivity contribution in [3.05, 3.63) is 70.3 Å². The molecule has 2 aromatic rings. The van der Waals surface area contributed by atoms with Gasteiger partial charge in [0.25, 0.3) is 0 Å². The van der Waals surface area contributed by atoms with Gasteiger partial charge in [-0.25, -0.2) is 0 Å². The molecule has 0 heterocycles. The highest BCUT2D eigenvalue weighted by atomic mass is 19.4. The number of halogens is 6. The highest BCUT2D eigenvalue weighted by molar-refractivity contribution is 5.94. The van der Waals surface area contributed by atoms with Crippen LogP contribution in [0.15, 0.2) is 42.5 Å². The second-order valence-corrected chi connectivity index (χ2v) is 8.06. The van der Waals surface area contributed by atoms with E-state index in [2.05, 4.69) is 5.32 Å².